The molecule has 0 aliphatic heterocycles. The van der Waals surface area contributed by atoms with E-state index < -0.39 is 0 Å². The minimum atomic E-state index is 0.248. The zero-order valence-electron chi connectivity index (χ0n) is 7.77. The van der Waals surface area contributed by atoms with Gasteiger partial charge in [0.1, 0.15) is 0 Å². The molecule has 0 amide bonds. The van der Waals surface area contributed by atoms with Gasteiger partial charge in [-0.2, -0.15) is 0 Å². The molecule has 0 aliphatic carbocycles. The third-order valence-electron chi connectivity index (χ3n) is 1.76. The van der Waals surface area contributed by atoms with E-state index in [1.165, 1.54) is 18.4 Å². The van der Waals surface area contributed by atoms with Crippen molar-refractivity contribution in [1.29, 1.82) is 0 Å². The van der Waals surface area contributed by atoms with Crippen LogP contribution in [0.3, 0.4) is 0 Å². The number of hydrogen-bond donors (Lipinski definition) is 1. The molecule has 0 saturated carbocycles. The molecule has 0 aromatic heterocycles. The number of hydrogen-bond acceptors (Lipinski definition) is 1. The van der Waals surface area contributed by atoms with E-state index in [9.17, 15) is 0 Å². The highest BCUT2D eigenvalue weighted by Gasteiger charge is 1.91. The van der Waals surface area contributed by atoms with Crippen molar-refractivity contribution in [3.8, 4) is 0 Å². The molecule has 0 aromatic carbocycles. The minimum Gasteiger partial charge on any atom is -0.392 e. The summed E-state index contributed by atoms with van der Waals surface area (Å²) in [5.74, 6) is 0. The molecule has 1 nitrogen and oxygen atoms in total. The Morgan fingerprint density at radius 1 is 1.27 bits per heavy atom. The standard InChI is InChI=1S/C10H20O/c1-3-5-6-8-10(9-11)7-4-2/h8,11H,3-7,9H2,1-2H3/b10-8-. The van der Waals surface area contributed by atoms with E-state index in [-0.39, 0.29) is 6.61 Å². The van der Waals surface area contributed by atoms with Crippen molar-refractivity contribution >= 4 is 0 Å². The zero-order valence-corrected chi connectivity index (χ0v) is 7.77. The predicted molar refractivity (Wildman–Crippen MR) is 49.6 cm³/mol. The van der Waals surface area contributed by atoms with Gasteiger partial charge in [0.2, 0.25) is 0 Å². The molecule has 1 heteroatoms. The van der Waals surface area contributed by atoms with E-state index in [2.05, 4.69) is 19.9 Å². The van der Waals surface area contributed by atoms with E-state index in [1.807, 2.05) is 0 Å². The number of allylic oxidation sites excluding steroid dienone is 1. The number of rotatable bonds is 6. The second-order valence-electron chi connectivity index (χ2n) is 2.91. The Morgan fingerprint density at radius 2 is 2.00 bits per heavy atom. The molecule has 0 rings (SSSR count). The summed E-state index contributed by atoms with van der Waals surface area (Å²) >= 11 is 0. The van der Waals surface area contributed by atoms with Crippen LogP contribution in [0.1, 0.15) is 46.0 Å². The average Bonchev–Trinajstić information content (AvgIpc) is 2.03. The van der Waals surface area contributed by atoms with Crippen LogP contribution in [0.5, 0.6) is 0 Å². The molecule has 0 radical (unpaired) electrons. The first kappa shape index (κ1) is 10.7. The van der Waals surface area contributed by atoms with Gasteiger partial charge in [-0.3, -0.25) is 0 Å². The van der Waals surface area contributed by atoms with E-state index in [0.29, 0.717) is 0 Å². The van der Waals surface area contributed by atoms with Crippen LogP contribution in [0.15, 0.2) is 11.6 Å². The van der Waals surface area contributed by atoms with Crippen LogP contribution in [-0.4, -0.2) is 11.7 Å². The highest BCUT2D eigenvalue weighted by atomic mass is 16.3. The summed E-state index contributed by atoms with van der Waals surface area (Å²) in [6.45, 7) is 4.58. The summed E-state index contributed by atoms with van der Waals surface area (Å²) in [6.07, 6.45) is 7.99. The SMILES string of the molecule is CCCC/C=C(\CO)CCC. The molecule has 0 aliphatic rings. The van der Waals surface area contributed by atoms with Gasteiger partial charge in [0.05, 0.1) is 6.61 Å². The largest absolute Gasteiger partial charge is 0.392 e. The van der Waals surface area contributed by atoms with Crippen LogP contribution in [0.25, 0.3) is 0 Å². The normalized spacial score (nSPS) is 12.1. The fourth-order valence-electron chi connectivity index (χ4n) is 1.08. The number of unbranched alkanes of at least 4 members (excludes halogenated alkanes) is 2. The smallest absolute Gasteiger partial charge is 0.0641 e. The highest BCUT2D eigenvalue weighted by molar-refractivity contribution is 5.01. The van der Waals surface area contributed by atoms with Crippen LogP contribution in [0.4, 0.5) is 0 Å². The second-order valence-corrected chi connectivity index (χ2v) is 2.91. The first-order valence-corrected chi connectivity index (χ1v) is 4.63. The summed E-state index contributed by atoms with van der Waals surface area (Å²) in [6, 6.07) is 0. The Hall–Kier alpha value is -0.300. The van der Waals surface area contributed by atoms with Gasteiger partial charge in [-0.05, 0) is 18.4 Å². The van der Waals surface area contributed by atoms with Crippen molar-refractivity contribution in [2.75, 3.05) is 6.61 Å². The van der Waals surface area contributed by atoms with Gasteiger partial charge < -0.3 is 5.11 Å². The average molecular weight is 156 g/mol. The molecule has 11 heavy (non-hydrogen) atoms. The van der Waals surface area contributed by atoms with Gasteiger partial charge >= 0.3 is 0 Å². The molecule has 0 atom stereocenters. The predicted octanol–water partition coefficient (Wildman–Crippen LogP) is 2.90. The lowest BCUT2D eigenvalue weighted by Gasteiger charge is -2.00. The number of aliphatic hydroxyl groups is 1. The third-order valence-corrected chi connectivity index (χ3v) is 1.76. The van der Waals surface area contributed by atoms with Crippen LogP contribution in [0, 0.1) is 0 Å². The summed E-state index contributed by atoms with van der Waals surface area (Å²) in [5.41, 5.74) is 1.21. The monoisotopic (exact) mass is 156 g/mol. The maximum absolute atomic E-state index is 8.89. The minimum absolute atomic E-state index is 0.248. The van der Waals surface area contributed by atoms with Crippen molar-refractivity contribution in [1.82, 2.24) is 0 Å². The molecule has 0 spiro atoms. The fourth-order valence-corrected chi connectivity index (χ4v) is 1.08. The van der Waals surface area contributed by atoms with Crippen molar-refractivity contribution in [3.05, 3.63) is 11.6 Å². The second kappa shape index (κ2) is 7.80. The van der Waals surface area contributed by atoms with Crippen molar-refractivity contribution in [3.63, 3.8) is 0 Å². The topological polar surface area (TPSA) is 20.2 Å². The zero-order chi connectivity index (χ0) is 8.53. The first-order chi connectivity index (χ1) is 5.35. The van der Waals surface area contributed by atoms with Gasteiger partial charge in [0.15, 0.2) is 0 Å². The molecule has 66 valence electrons. The lowest BCUT2D eigenvalue weighted by molar-refractivity contribution is 0.325. The fraction of sp³-hybridized carbons (Fsp3) is 0.800. The molecule has 1 N–H and O–H groups in total. The van der Waals surface area contributed by atoms with Gasteiger partial charge in [-0.15, -0.1) is 0 Å². The Kier molecular flexibility index (Phi) is 7.59. The van der Waals surface area contributed by atoms with Gasteiger partial charge in [-0.25, -0.2) is 0 Å². The molecule has 0 heterocycles. The Morgan fingerprint density at radius 3 is 2.45 bits per heavy atom. The summed E-state index contributed by atoms with van der Waals surface area (Å²) in [5, 5.41) is 8.89. The summed E-state index contributed by atoms with van der Waals surface area (Å²) < 4.78 is 0. The number of aliphatic hydroxyl groups excluding tert-OH is 1. The Labute approximate surface area is 70.1 Å². The molecular formula is C10H20O. The molecule has 0 bridgehead atoms. The van der Waals surface area contributed by atoms with E-state index >= 15 is 0 Å². The lowest BCUT2D eigenvalue weighted by atomic mass is 10.1. The third kappa shape index (κ3) is 6.11. The van der Waals surface area contributed by atoms with Crippen molar-refractivity contribution in [2.24, 2.45) is 0 Å². The summed E-state index contributed by atoms with van der Waals surface area (Å²) in [4.78, 5) is 0. The van der Waals surface area contributed by atoms with Crippen LogP contribution in [0.2, 0.25) is 0 Å². The molecule has 0 saturated heterocycles. The van der Waals surface area contributed by atoms with E-state index in [0.717, 1.165) is 19.3 Å². The van der Waals surface area contributed by atoms with E-state index in [4.69, 9.17) is 5.11 Å². The van der Waals surface area contributed by atoms with Gasteiger partial charge in [0.25, 0.3) is 0 Å². The molecule has 0 fully saturated rings. The van der Waals surface area contributed by atoms with Gasteiger partial charge in [0, 0.05) is 0 Å². The molecular weight excluding hydrogens is 136 g/mol. The Bertz CT molecular complexity index is 105. The lowest BCUT2D eigenvalue weighted by Crippen LogP contribution is -1.89. The maximum Gasteiger partial charge on any atom is 0.0641 e. The van der Waals surface area contributed by atoms with Crippen LogP contribution < -0.4 is 0 Å². The van der Waals surface area contributed by atoms with Crippen LogP contribution in [-0.2, 0) is 0 Å². The van der Waals surface area contributed by atoms with Crippen LogP contribution >= 0.6 is 0 Å². The Balaban J connectivity index is 3.52. The van der Waals surface area contributed by atoms with Crippen molar-refractivity contribution < 1.29 is 5.11 Å². The summed E-state index contributed by atoms with van der Waals surface area (Å²) in [7, 11) is 0. The quantitative estimate of drug-likeness (QED) is 0.463. The maximum atomic E-state index is 8.89. The van der Waals surface area contributed by atoms with Crippen molar-refractivity contribution in [2.45, 2.75) is 46.0 Å². The highest BCUT2D eigenvalue weighted by Crippen LogP contribution is 2.06. The van der Waals surface area contributed by atoms with E-state index in [1.54, 1.807) is 0 Å². The first-order valence-electron chi connectivity index (χ1n) is 4.63. The molecule has 0 aromatic rings. The van der Waals surface area contributed by atoms with Gasteiger partial charge in [-0.1, -0.05) is 39.2 Å². The molecule has 0 unspecified atom stereocenters.